The zero-order valence-corrected chi connectivity index (χ0v) is 13.1. The fourth-order valence-electron chi connectivity index (χ4n) is 3.26. The van der Waals surface area contributed by atoms with Crippen molar-refractivity contribution < 1.29 is 13.9 Å². The van der Waals surface area contributed by atoms with E-state index < -0.39 is 0 Å². The van der Waals surface area contributed by atoms with E-state index in [-0.39, 0.29) is 5.60 Å². The summed E-state index contributed by atoms with van der Waals surface area (Å²) in [6, 6.07) is 2.56. The van der Waals surface area contributed by atoms with E-state index in [1.165, 1.54) is 5.56 Å². The number of rotatable bonds is 3. The van der Waals surface area contributed by atoms with Crippen molar-refractivity contribution in [1.82, 2.24) is 9.80 Å². The zero-order valence-electron chi connectivity index (χ0n) is 13.1. The third kappa shape index (κ3) is 3.66. The minimum Gasteiger partial charge on any atom is -0.472 e. The summed E-state index contributed by atoms with van der Waals surface area (Å²) in [5, 5.41) is 0. The van der Waals surface area contributed by atoms with Gasteiger partial charge in [0.15, 0.2) is 0 Å². The fraction of sp³-hybridized carbons (Fsp3) is 0.750. The van der Waals surface area contributed by atoms with Gasteiger partial charge in [0.25, 0.3) is 0 Å². The lowest BCUT2D eigenvalue weighted by molar-refractivity contribution is -0.144. The molecule has 0 amide bonds. The maximum atomic E-state index is 6.18. The molecule has 0 bridgehead atoms. The third-order valence-corrected chi connectivity index (χ3v) is 4.42. The van der Waals surface area contributed by atoms with E-state index in [4.69, 9.17) is 13.9 Å². The molecule has 1 aromatic heterocycles. The second kappa shape index (κ2) is 6.48. The molecule has 1 aromatic rings. The summed E-state index contributed by atoms with van der Waals surface area (Å²) in [5.41, 5.74) is 1.03. The summed E-state index contributed by atoms with van der Waals surface area (Å²) >= 11 is 0. The minimum absolute atomic E-state index is 0.192. The Hall–Kier alpha value is -0.880. The molecular weight excluding hydrogens is 268 g/mol. The van der Waals surface area contributed by atoms with Crippen LogP contribution in [0.4, 0.5) is 0 Å². The summed E-state index contributed by atoms with van der Waals surface area (Å²) in [7, 11) is 0. The first-order chi connectivity index (χ1) is 10.2. The molecule has 0 aromatic carbocycles. The predicted octanol–water partition coefficient (Wildman–Crippen LogP) is 1.59. The molecule has 2 aliphatic heterocycles. The molecule has 2 fully saturated rings. The Morgan fingerprint density at radius 3 is 2.90 bits per heavy atom. The number of ether oxygens (including phenoxy) is 2. The highest BCUT2D eigenvalue weighted by molar-refractivity contribution is 5.06. The van der Waals surface area contributed by atoms with Crippen LogP contribution >= 0.6 is 0 Å². The predicted molar refractivity (Wildman–Crippen MR) is 80.2 cm³/mol. The lowest BCUT2D eigenvalue weighted by Crippen LogP contribution is -2.59. The van der Waals surface area contributed by atoms with Gasteiger partial charge in [0.05, 0.1) is 32.3 Å². The van der Waals surface area contributed by atoms with Crippen molar-refractivity contribution in [3.05, 3.63) is 24.2 Å². The summed E-state index contributed by atoms with van der Waals surface area (Å²) in [6.07, 6.45) is 3.56. The molecule has 1 spiro atoms. The Morgan fingerprint density at radius 2 is 2.14 bits per heavy atom. The van der Waals surface area contributed by atoms with Crippen LogP contribution in [0, 0.1) is 0 Å². The first-order valence-corrected chi connectivity index (χ1v) is 7.86. The van der Waals surface area contributed by atoms with E-state index in [1.54, 1.807) is 6.26 Å². The first kappa shape index (κ1) is 15.0. The van der Waals surface area contributed by atoms with E-state index >= 15 is 0 Å². The molecule has 0 saturated carbocycles. The quantitative estimate of drug-likeness (QED) is 0.846. The largest absolute Gasteiger partial charge is 0.472 e. The fourth-order valence-corrected chi connectivity index (χ4v) is 3.26. The van der Waals surface area contributed by atoms with Crippen LogP contribution < -0.4 is 0 Å². The van der Waals surface area contributed by atoms with Crippen molar-refractivity contribution in [3.8, 4) is 0 Å². The molecule has 2 aliphatic rings. The van der Waals surface area contributed by atoms with E-state index in [0.29, 0.717) is 12.6 Å². The number of furan rings is 1. The molecule has 0 radical (unpaired) electrons. The molecule has 118 valence electrons. The van der Waals surface area contributed by atoms with Crippen LogP contribution in [-0.2, 0) is 16.0 Å². The Kier molecular flexibility index (Phi) is 4.64. The molecule has 21 heavy (non-hydrogen) atoms. The Labute approximate surface area is 126 Å². The minimum atomic E-state index is -0.192. The van der Waals surface area contributed by atoms with E-state index in [9.17, 15) is 0 Å². The average molecular weight is 294 g/mol. The maximum absolute atomic E-state index is 6.18. The molecule has 3 rings (SSSR count). The number of hydrogen-bond donors (Lipinski definition) is 0. The van der Waals surface area contributed by atoms with Gasteiger partial charge in [0, 0.05) is 44.3 Å². The van der Waals surface area contributed by atoms with Gasteiger partial charge < -0.3 is 13.9 Å². The van der Waals surface area contributed by atoms with Gasteiger partial charge in [-0.05, 0) is 19.9 Å². The molecule has 2 saturated heterocycles. The van der Waals surface area contributed by atoms with E-state index in [1.807, 2.05) is 12.3 Å². The Morgan fingerprint density at radius 1 is 1.24 bits per heavy atom. The SMILES string of the molecule is CC(C)N1CCOCC2(CN(Cc3ccoc3)CCO2)C1. The van der Waals surface area contributed by atoms with Gasteiger partial charge in [-0.2, -0.15) is 0 Å². The normalized spacial score (nSPS) is 29.1. The van der Waals surface area contributed by atoms with Crippen molar-refractivity contribution in [3.63, 3.8) is 0 Å². The highest BCUT2D eigenvalue weighted by Crippen LogP contribution is 2.24. The maximum Gasteiger partial charge on any atom is 0.117 e. The summed E-state index contributed by atoms with van der Waals surface area (Å²) in [4.78, 5) is 4.91. The summed E-state index contributed by atoms with van der Waals surface area (Å²) in [6.45, 7) is 11.5. The summed E-state index contributed by atoms with van der Waals surface area (Å²) in [5.74, 6) is 0. The lowest BCUT2D eigenvalue weighted by Gasteiger charge is -2.44. The molecule has 0 aliphatic carbocycles. The van der Waals surface area contributed by atoms with Crippen LogP contribution in [0.3, 0.4) is 0 Å². The van der Waals surface area contributed by atoms with Crippen LogP contribution in [-0.4, -0.2) is 67.4 Å². The van der Waals surface area contributed by atoms with Crippen molar-refractivity contribution >= 4 is 0 Å². The van der Waals surface area contributed by atoms with Crippen molar-refractivity contribution in [2.24, 2.45) is 0 Å². The molecule has 1 atom stereocenters. The van der Waals surface area contributed by atoms with Crippen molar-refractivity contribution in [1.29, 1.82) is 0 Å². The van der Waals surface area contributed by atoms with Crippen LogP contribution in [0.1, 0.15) is 19.4 Å². The van der Waals surface area contributed by atoms with Crippen LogP contribution in [0.5, 0.6) is 0 Å². The lowest BCUT2D eigenvalue weighted by atomic mass is 10.0. The molecule has 1 unspecified atom stereocenters. The molecule has 5 nitrogen and oxygen atoms in total. The van der Waals surface area contributed by atoms with Gasteiger partial charge in [-0.1, -0.05) is 0 Å². The third-order valence-electron chi connectivity index (χ3n) is 4.42. The molecular formula is C16H26N2O3. The van der Waals surface area contributed by atoms with Gasteiger partial charge in [0.1, 0.15) is 5.60 Å². The van der Waals surface area contributed by atoms with Crippen molar-refractivity contribution in [2.45, 2.75) is 32.0 Å². The van der Waals surface area contributed by atoms with Crippen LogP contribution in [0.25, 0.3) is 0 Å². The van der Waals surface area contributed by atoms with E-state index in [0.717, 1.165) is 45.9 Å². The zero-order chi connectivity index (χ0) is 14.7. The molecule has 0 N–H and O–H groups in total. The van der Waals surface area contributed by atoms with Gasteiger partial charge in [-0.3, -0.25) is 9.80 Å². The summed E-state index contributed by atoms with van der Waals surface area (Å²) < 4.78 is 17.2. The second-order valence-corrected chi connectivity index (χ2v) is 6.49. The van der Waals surface area contributed by atoms with Crippen molar-refractivity contribution in [2.75, 3.05) is 46.0 Å². The standard InChI is InChI=1S/C16H26N2O3/c1-14(2)18-5-7-20-13-16(12-18)11-17(4-8-21-16)9-15-3-6-19-10-15/h3,6,10,14H,4-5,7-9,11-13H2,1-2H3. The highest BCUT2D eigenvalue weighted by Gasteiger charge is 2.40. The smallest absolute Gasteiger partial charge is 0.117 e. The molecule has 5 heteroatoms. The monoisotopic (exact) mass is 294 g/mol. The van der Waals surface area contributed by atoms with E-state index in [2.05, 4.69) is 23.6 Å². The van der Waals surface area contributed by atoms with Gasteiger partial charge in [-0.25, -0.2) is 0 Å². The van der Waals surface area contributed by atoms with Gasteiger partial charge >= 0.3 is 0 Å². The van der Waals surface area contributed by atoms with Gasteiger partial charge in [0.2, 0.25) is 0 Å². The van der Waals surface area contributed by atoms with Crippen LogP contribution in [0.15, 0.2) is 23.0 Å². The number of morpholine rings is 1. The van der Waals surface area contributed by atoms with Gasteiger partial charge in [-0.15, -0.1) is 0 Å². The average Bonchev–Trinajstić information content (AvgIpc) is 2.87. The number of hydrogen-bond acceptors (Lipinski definition) is 5. The van der Waals surface area contributed by atoms with Crippen LogP contribution in [0.2, 0.25) is 0 Å². The molecule has 3 heterocycles. The highest BCUT2D eigenvalue weighted by atomic mass is 16.5. The topological polar surface area (TPSA) is 38.1 Å². The number of nitrogens with zero attached hydrogens (tertiary/aromatic N) is 2. The second-order valence-electron chi connectivity index (χ2n) is 6.49. The Balaban J connectivity index is 1.67. The first-order valence-electron chi connectivity index (χ1n) is 7.86. The Bertz CT molecular complexity index is 435.